The summed E-state index contributed by atoms with van der Waals surface area (Å²) in [5, 5.41) is 0. The molecule has 2 rings (SSSR count). The minimum Gasteiger partial charge on any atom is -0.465 e. The fourth-order valence-corrected chi connectivity index (χ4v) is 2.10. The molecule has 0 radical (unpaired) electrons. The van der Waals surface area contributed by atoms with E-state index in [-0.39, 0.29) is 5.97 Å². The van der Waals surface area contributed by atoms with Gasteiger partial charge < -0.3 is 4.74 Å². The van der Waals surface area contributed by atoms with Crippen molar-refractivity contribution < 1.29 is 9.53 Å². The molecular weight excluding hydrogens is 262 g/mol. The van der Waals surface area contributed by atoms with Gasteiger partial charge in [-0.2, -0.15) is 0 Å². The summed E-state index contributed by atoms with van der Waals surface area (Å²) in [6.45, 7) is 2.16. The van der Waals surface area contributed by atoms with Gasteiger partial charge in [-0.25, -0.2) is 4.79 Å². The molecule has 0 aliphatic heterocycles. The van der Waals surface area contributed by atoms with Gasteiger partial charge in [0.25, 0.3) is 0 Å². The Hall–Kier alpha value is -2.42. The van der Waals surface area contributed by atoms with Crippen molar-refractivity contribution >= 4 is 17.9 Å². The van der Waals surface area contributed by atoms with E-state index in [1.165, 1.54) is 12.7 Å². The van der Waals surface area contributed by atoms with E-state index in [1.54, 1.807) is 12.1 Å². The van der Waals surface area contributed by atoms with Crippen LogP contribution in [0.4, 0.5) is 5.69 Å². The standard InChI is InChI=1S/C18H19NO2/c1-14(15-8-4-3-5-9-15)12-13-19-17-11-7-6-10-16(17)18(20)21-2/h3-11,13-14H,12H2,1-2H3/b19-13+. The molecule has 3 nitrogen and oxygen atoms in total. The van der Waals surface area contributed by atoms with Gasteiger partial charge in [0.15, 0.2) is 0 Å². The van der Waals surface area contributed by atoms with Crippen molar-refractivity contribution in [3.05, 3.63) is 65.7 Å². The number of aliphatic imine (C=N–C) groups is 1. The molecule has 0 bridgehead atoms. The van der Waals surface area contributed by atoms with Crippen LogP contribution in [0.25, 0.3) is 0 Å². The average Bonchev–Trinajstić information content (AvgIpc) is 2.55. The third kappa shape index (κ3) is 4.02. The van der Waals surface area contributed by atoms with Crippen LogP contribution in [0.5, 0.6) is 0 Å². The molecule has 1 atom stereocenters. The molecule has 1 unspecified atom stereocenters. The highest BCUT2D eigenvalue weighted by atomic mass is 16.5. The monoisotopic (exact) mass is 281 g/mol. The van der Waals surface area contributed by atoms with Crippen LogP contribution in [0.1, 0.15) is 35.2 Å². The first-order valence-corrected chi connectivity index (χ1v) is 6.97. The Morgan fingerprint density at radius 1 is 1.14 bits per heavy atom. The van der Waals surface area contributed by atoms with Gasteiger partial charge in [-0.3, -0.25) is 4.99 Å². The van der Waals surface area contributed by atoms with Gasteiger partial charge >= 0.3 is 5.97 Å². The summed E-state index contributed by atoms with van der Waals surface area (Å²) in [5.41, 5.74) is 2.42. The maximum atomic E-state index is 11.7. The van der Waals surface area contributed by atoms with Crippen molar-refractivity contribution in [1.29, 1.82) is 0 Å². The first kappa shape index (κ1) is 15.0. The second-order valence-electron chi connectivity index (χ2n) is 4.87. The minimum absolute atomic E-state index is 0.362. The SMILES string of the molecule is COC(=O)c1ccccc1/N=C/CC(C)c1ccccc1. The lowest BCUT2D eigenvalue weighted by Crippen LogP contribution is -2.01. The normalized spacial score (nSPS) is 12.3. The van der Waals surface area contributed by atoms with Crippen LogP contribution in [0.3, 0.4) is 0 Å². The molecule has 0 amide bonds. The van der Waals surface area contributed by atoms with Crippen LogP contribution in [-0.2, 0) is 4.74 Å². The molecule has 21 heavy (non-hydrogen) atoms. The van der Waals surface area contributed by atoms with E-state index in [0.717, 1.165) is 6.42 Å². The third-order valence-electron chi connectivity index (χ3n) is 3.37. The van der Waals surface area contributed by atoms with Crippen molar-refractivity contribution in [2.75, 3.05) is 7.11 Å². The second kappa shape index (κ2) is 7.39. The van der Waals surface area contributed by atoms with E-state index in [0.29, 0.717) is 17.2 Å². The number of para-hydroxylation sites is 1. The highest BCUT2D eigenvalue weighted by Crippen LogP contribution is 2.21. The van der Waals surface area contributed by atoms with Gasteiger partial charge in [0.05, 0.1) is 18.4 Å². The summed E-state index contributed by atoms with van der Waals surface area (Å²) in [7, 11) is 1.38. The lowest BCUT2D eigenvalue weighted by atomic mass is 9.99. The number of hydrogen-bond acceptors (Lipinski definition) is 3. The molecule has 0 spiro atoms. The van der Waals surface area contributed by atoms with Crippen LogP contribution in [0.2, 0.25) is 0 Å². The molecule has 2 aromatic rings. The molecule has 0 fully saturated rings. The summed E-state index contributed by atoms with van der Waals surface area (Å²) in [4.78, 5) is 16.1. The lowest BCUT2D eigenvalue weighted by molar-refractivity contribution is 0.0601. The van der Waals surface area contributed by atoms with Gasteiger partial charge in [-0.1, -0.05) is 49.4 Å². The van der Waals surface area contributed by atoms with Crippen molar-refractivity contribution in [1.82, 2.24) is 0 Å². The summed E-state index contributed by atoms with van der Waals surface area (Å²) in [6.07, 6.45) is 2.68. The third-order valence-corrected chi connectivity index (χ3v) is 3.37. The largest absolute Gasteiger partial charge is 0.465 e. The smallest absolute Gasteiger partial charge is 0.340 e. The fraction of sp³-hybridized carbons (Fsp3) is 0.222. The maximum Gasteiger partial charge on any atom is 0.340 e. The number of esters is 1. The first-order valence-electron chi connectivity index (χ1n) is 6.97. The van der Waals surface area contributed by atoms with E-state index < -0.39 is 0 Å². The molecule has 0 aliphatic carbocycles. The molecule has 0 heterocycles. The van der Waals surface area contributed by atoms with Crippen LogP contribution >= 0.6 is 0 Å². The number of methoxy groups -OCH3 is 1. The molecule has 3 heteroatoms. The molecule has 0 N–H and O–H groups in total. The summed E-state index contributed by atoms with van der Waals surface area (Å²) in [5.74, 6) is 0.0269. The Labute approximate surface area is 125 Å². The first-order chi connectivity index (χ1) is 10.2. The number of carbonyl (C=O) groups excluding carboxylic acids is 1. The van der Waals surface area contributed by atoms with Crippen LogP contribution < -0.4 is 0 Å². The minimum atomic E-state index is -0.362. The Morgan fingerprint density at radius 2 is 1.81 bits per heavy atom. The Kier molecular flexibility index (Phi) is 5.27. The Morgan fingerprint density at radius 3 is 2.52 bits per heavy atom. The highest BCUT2D eigenvalue weighted by molar-refractivity contribution is 5.95. The number of hydrogen-bond donors (Lipinski definition) is 0. The molecule has 108 valence electrons. The summed E-state index contributed by atoms with van der Waals surface area (Å²) < 4.78 is 4.76. The van der Waals surface area contributed by atoms with Gasteiger partial charge in [0, 0.05) is 6.21 Å². The Bertz CT molecular complexity index is 620. The molecule has 0 aliphatic rings. The number of nitrogens with zero attached hydrogens (tertiary/aromatic N) is 1. The number of ether oxygens (including phenoxy) is 1. The van der Waals surface area contributed by atoms with Crippen molar-refractivity contribution in [3.8, 4) is 0 Å². The molecule has 2 aromatic carbocycles. The van der Waals surface area contributed by atoms with E-state index in [4.69, 9.17) is 4.74 Å². The molecule has 0 aromatic heterocycles. The molecule has 0 saturated carbocycles. The van der Waals surface area contributed by atoms with Crippen molar-refractivity contribution in [3.63, 3.8) is 0 Å². The van der Waals surface area contributed by atoms with Gasteiger partial charge in [-0.15, -0.1) is 0 Å². The van der Waals surface area contributed by atoms with Gasteiger partial charge in [-0.05, 0) is 30.0 Å². The van der Waals surface area contributed by atoms with Crippen LogP contribution in [-0.4, -0.2) is 19.3 Å². The topological polar surface area (TPSA) is 38.7 Å². The maximum absolute atomic E-state index is 11.7. The van der Waals surface area contributed by atoms with Gasteiger partial charge in [0.1, 0.15) is 0 Å². The summed E-state index contributed by atoms with van der Waals surface area (Å²) in [6, 6.07) is 17.5. The molecular formula is C18H19NO2. The number of rotatable bonds is 5. The van der Waals surface area contributed by atoms with Crippen molar-refractivity contribution in [2.24, 2.45) is 4.99 Å². The summed E-state index contributed by atoms with van der Waals surface area (Å²) >= 11 is 0. The van der Waals surface area contributed by atoms with E-state index in [2.05, 4.69) is 24.0 Å². The van der Waals surface area contributed by atoms with Crippen molar-refractivity contribution in [2.45, 2.75) is 19.3 Å². The fourth-order valence-electron chi connectivity index (χ4n) is 2.10. The highest BCUT2D eigenvalue weighted by Gasteiger charge is 2.09. The zero-order valence-corrected chi connectivity index (χ0v) is 12.3. The number of carbonyl (C=O) groups is 1. The van der Waals surface area contributed by atoms with E-state index in [1.807, 2.05) is 36.5 Å². The number of benzene rings is 2. The lowest BCUT2D eigenvalue weighted by Gasteiger charge is -2.08. The van der Waals surface area contributed by atoms with E-state index in [9.17, 15) is 4.79 Å². The van der Waals surface area contributed by atoms with Gasteiger partial charge in [0.2, 0.25) is 0 Å². The predicted molar refractivity (Wildman–Crippen MR) is 85.4 cm³/mol. The van der Waals surface area contributed by atoms with Crippen LogP contribution in [0.15, 0.2) is 59.6 Å². The quantitative estimate of drug-likeness (QED) is 0.603. The Balaban J connectivity index is 2.07. The zero-order valence-electron chi connectivity index (χ0n) is 12.3. The van der Waals surface area contributed by atoms with Crippen LogP contribution in [0, 0.1) is 0 Å². The average molecular weight is 281 g/mol. The predicted octanol–water partition coefficient (Wildman–Crippen LogP) is 4.37. The molecule has 0 saturated heterocycles. The zero-order chi connectivity index (χ0) is 15.1. The van der Waals surface area contributed by atoms with E-state index >= 15 is 0 Å². The second-order valence-corrected chi connectivity index (χ2v) is 4.87.